The Kier molecular flexibility index (Phi) is 5.17. The third kappa shape index (κ3) is 3.29. The highest BCUT2D eigenvalue weighted by Gasteiger charge is 2.29. The fourth-order valence-corrected chi connectivity index (χ4v) is 3.87. The molecule has 0 bridgehead atoms. The van der Waals surface area contributed by atoms with Gasteiger partial charge in [-0.15, -0.1) is 11.3 Å². The predicted molar refractivity (Wildman–Crippen MR) is 85.4 cm³/mol. The number of carboxylic acids is 1. The van der Waals surface area contributed by atoms with E-state index in [0.29, 0.717) is 24.4 Å². The Labute approximate surface area is 132 Å². The molecule has 0 aliphatic carbocycles. The van der Waals surface area contributed by atoms with Crippen LogP contribution in [0.4, 0.5) is 0 Å². The third-order valence-corrected chi connectivity index (χ3v) is 4.94. The van der Waals surface area contributed by atoms with E-state index in [0.717, 1.165) is 16.0 Å². The summed E-state index contributed by atoms with van der Waals surface area (Å²) < 4.78 is 0. The fourth-order valence-electron chi connectivity index (χ4n) is 2.71. The van der Waals surface area contributed by atoms with Crippen molar-refractivity contribution in [3.05, 3.63) is 27.1 Å². The van der Waals surface area contributed by atoms with Gasteiger partial charge in [-0.3, -0.25) is 9.59 Å². The average Bonchev–Trinajstić information content (AvgIpc) is 2.86. The number of aliphatic carboxylic acids is 1. The lowest BCUT2D eigenvalue weighted by Crippen LogP contribution is -2.33. The maximum Gasteiger partial charge on any atom is 0.320 e. The maximum absolute atomic E-state index is 11.8. The third-order valence-electron chi connectivity index (χ3n) is 3.71. The number of hydrogen-bond donors (Lipinski definition) is 5. The molecule has 1 aliphatic rings. The van der Waals surface area contributed by atoms with Gasteiger partial charge in [0.25, 0.3) is 5.91 Å². The standard InChI is InChI=1S/C14H20N4O3S/c15-3-1-7(5-9(16)14(20)21)11-8-6-18-4-2-10(8)22-12(11)13(17)19/h2,4,7,9,18H,1,3,5-6,15-16H2,(H2,17,19)(H,20,21)/t7?,9-/m0/s1. The zero-order valence-corrected chi connectivity index (χ0v) is 12.9. The zero-order valence-electron chi connectivity index (χ0n) is 12.0. The minimum Gasteiger partial charge on any atom is -0.480 e. The number of carboxylic acid groups (broad SMARTS) is 1. The van der Waals surface area contributed by atoms with Gasteiger partial charge in [-0.25, -0.2) is 0 Å². The molecule has 120 valence electrons. The van der Waals surface area contributed by atoms with Crippen LogP contribution >= 0.6 is 11.3 Å². The highest BCUT2D eigenvalue weighted by Crippen LogP contribution is 2.39. The van der Waals surface area contributed by atoms with Gasteiger partial charge < -0.3 is 27.6 Å². The maximum atomic E-state index is 11.8. The van der Waals surface area contributed by atoms with E-state index in [4.69, 9.17) is 22.3 Å². The summed E-state index contributed by atoms with van der Waals surface area (Å²) in [6.45, 7) is 0.956. The lowest BCUT2D eigenvalue weighted by molar-refractivity contribution is -0.138. The number of amides is 1. The van der Waals surface area contributed by atoms with Gasteiger partial charge in [-0.05, 0) is 48.7 Å². The molecule has 1 amide bonds. The Morgan fingerprint density at radius 1 is 1.45 bits per heavy atom. The predicted octanol–water partition coefficient (Wildman–Crippen LogP) is 0.155. The van der Waals surface area contributed by atoms with Crippen LogP contribution in [0.1, 0.15) is 44.4 Å². The topological polar surface area (TPSA) is 144 Å². The average molecular weight is 324 g/mol. The highest BCUT2D eigenvalue weighted by atomic mass is 32.1. The van der Waals surface area contributed by atoms with Crippen LogP contribution in [-0.4, -0.2) is 29.6 Å². The minimum atomic E-state index is -1.07. The van der Waals surface area contributed by atoms with Gasteiger partial charge in [0.05, 0.1) is 4.88 Å². The summed E-state index contributed by atoms with van der Waals surface area (Å²) in [7, 11) is 0. The first-order chi connectivity index (χ1) is 10.5. The van der Waals surface area contributed by atoms with E-state index in [-0.39, 0.29) is 12.3 Å². The molecule has 1 aromatic heterocycles. The van der Waals surface area contributed by atoms with Crippen LogP contribution in [0.5, 0.6) is 0 Å². The van der Waals surface area contributed by atoms with Gasteiger partial charge in [-0.1, -0.05) is 0 Å². The van der Waals surface area contributed by atoms with Crippen molar-refractivity contribution in [1.82, 2.24) is 5.32 Å². The highest BCUT2D eigenvalue weighted by molar-refractivity contribution is 7.15. The summed E-state index contributed by atoms with van der Waals surface area (Å²) in [5, 5.41) is 12.1. The second-order valence-corrected chi connectivity index (χ2v) is 6.27. The van der Waals surface area contributed by atoms with Gasteiger partial charge in [0.1, 0.15) is 6.04 Å². The Hall–Kier alpha value is -1.90. The Bertz CT molecular complexity index is 611. The second kappa shape index (κ2) is 6.91. The van der Waals surface area contributed by atoms with Crippen LogP contribution in [0.25, 0.3) is 6.08 Å². The van der Waals surface area contributed by atoms with Crippen LogP contribution < -0.4 is 22.5 Å². The fraction of sp³-hybridized carbons (Fsp3) is 0.429. The zero-order chi connectivity index (χ0) is 16.3. The van der Waals surface area contributed by atoms with Crippen LogP contribution in [0.15, 0.2) is 6.20 Å². The molecule has 7 nitrogen and oxygen atoms in total. The first-order valence-electron chi connectivity index (χ1n) is 6.99. The van der Waals surface area contributed by atoms with Gasteiger partial charge in [0, 0.05) is 11.4 Å². The number of primary amides is 1. The molecule has 0 aromatic carbocycles. The van der Waals surface area contributed by atoms with Crippen molar-refractivity contribution >= 4 is 29.3 Å². The Balaban J connectivity index is 2.45. The van der Waals surface area contributed by atoms with Crippen molar-refractivity contribution in [1.29, 1.82) is 0 Å². The molecule has 0 spiro atoms. The van der Waals surface area contributed by atoms with Crippen LogP contribution in [0.3, 0.4) is 0 Å². The van der Waals surface area contributed by atoms with Crippen molar-refractivity contribution in [2.75, 3.05) is 6.54 Å². The molecule has 0 fully saturated rings. The molecule has 2 heterocycles. The number of thiophene rings is 1. The van der Waals surface area contributed by atoms with E-state index in [1.165, 1.54) is 11.3 Å². The van der Waals surface area contributed by atoms with Crippen LogP contribution in [0, 0.1) is 0 Å². The van der Waals surface area contributed by atoms with E-state index in [1.807, 2.05) is 12.3 Å². The van der Waals surface area contributed by atoms with E-state index >= 15 is 0 Å². The molecular weight excluding hydrogens is 304 g/mol. The van der Waals surface area contributed by atoms with Gasteiger partial charge in [0.15, 0.2) is 0 Å². The molecule has 8 N–H and O–H groups in total. The van der Waals surface area contributed by atoms with Gasteiger partial charge >= 0.3 is 5.97 Å². The van der Waals surface area contributed by atoms with Gasteiger partial charge in [-0.2, -0.15) is 0 Å². The van der Waals surface area contributed by atoms with E-state index in [1.54, 1.807) is 0 Å². The monoisotopic (exact) mass is 324 g/mol. The van der Waals surface area contributed by atoms with Crippen LogP contribution in [0.2, 0.25) is 0 Å². The molecule has 1 unspecified atom stereocenters. The normalized spacial score (nSPS) is 15.7. The number of nitrogens with one attached hydrogen (secondary N) is 1. The number of carbonyl (C=O) groups is 2. The number of hydrogen-bond acceptors (Lipinski definition) is 6. The Morgan fingerprint density at radius 3 is 2.77 bits per heavy atom. The molecule has 2 rings (SSSR count). The first-order valence-corrected chi connectivity index (χ1v) is 7.81. The molecular formula is C14H20N4O3S. The van der Waals surface area contributed by atoms with E-state index in [2.05, 4.69) is 5.32 Å². The number of fused-ring (bicyclic) bond motifs is 1. The largest absolute Gasteiger partial charge is 0.480 e. The Morgan fingerprint density at radius 2 is 2.18 bits per heavy atom. The molecule has 1 aromatic rings. The van der Waals surface area contributed by atoms with E-state index < -0.39 is 17.9 Å². The van der Waals surface area contributed by atoms with Crippen molar-refractivity contribution in [2.45, 2.75) is 31.3 Å². The van der Waals surface area contributed by atoms with Crippen molar-refractivity contribution < 1.29 is 14.7 Å². The molecule has 2 atom stereocenters. The first kappa shape index (κ1) is 16.5. The van der Waals surface area contributed by atoms with Gasteiger partial charge in [0.2, 0.25) is 0 Å². The molecule has 22 heavy (non-hydrogen) atoms. The minimum absolute atomic E-state index is 0.202. The molecule has 1 aliphatic heterocycles. The smallest absolute Gasteiger partial charge is 0.320 e. The second-order valence-electron chi connectivity index (χ2n) is 5.22. The summed E-state index contributed by atoms with van der Waals surface area (Å²) in [6, 6.07) is -1.00. The number of carbonyl (C=O) groups excluding carboxylic acids is 1. The van der Waals surface area contributed by atoms with Crippen molar-refractivity contribution in [2.24, 2.45) is 17.2 Å². The summed E-state index contributed by atoms with van der Waals surface area (Å²) in [6.07, 6.45) is 4.47. The molecule has 0 radical (unpaired) electrons. The van der Waals surface area contributed by atoms with Crippen molar-refractivity contribution in [3.63, 3.8) is 0 Å². The summed E-state index contributed by atoms with van der Waals surface area (Å²) >= 11 is 1.33. The van der Waals surface area contributed by atoms with Crippen LogP contribution in [-0.2, 0) is 11.3 Å². The number of rotatable bonds is 7. The molecule has 0 saturated carbocycles. The quantitative estimate of drug-likeness (QED) is 0.483. The summed E-state index contributed by atoms with van der Waals surface area (Å²) in [4.78, 5) is 24.3. The summed E-state index contributed by atoms with van der Waals surface area (Å²) in [5.41, 5.74) is 18.6. The lowest BCUT2D eigenvalue weighted by Gasteiger charge is -2.21. The van der Waals surface area contributed by atoms with E-state index in [9.17, 15) is 9.59 Å². The molecule has 8 heteroatoms. The number of nitrogens with two attached hydrogens (primary N) is 3. The SMILES string of the molecule is NCCC(C[C@H](N)C(=O)O)c1c(C(N)=O)sc2c1CNC=C2. The van der Waals surface area contributed by atoms with Crippen molar-refractivity contribution in [3.8, 4) is 0 Å². The molecule has 0 saturated heterocycles. The lowest BCUT2D eigenvalue weighted by atomic mass is 9.86. The summed E-state index contributed by atoms with van der Waals surface area (Å²) in [5.74, 6) is -1.77.